The minimum absolute atomic E-state index is 0.329. The molecule has 0 radical (unpaired) electrons. The predicted molar refractivity (Wildman–Crippen MR) is 131 cm³/mol. The van der Waals surface area contributed by atoms with Crippen LogP contribution in [0.25, 0.3) is 10.9 Å². The molecule has 0 bridgehead atoms. The lowest BCUT2D eigenvalue weighted by Gasteiger charge is -2.28. The summed E-state index contributed by atoms with van der Waals surface area (Å²) < 4.78 is 11.7. The van der Waals surface area contributed by atoms with Gasteiger partial charge in [-0.2, -0.15) is 0 Å². The minimum Gasteiger partial charge on any atom is -0.493 e. The lowest BCUT2D eigenvalue weighted by Crippen LogP contribution is -2.32. The van der Waals surface area contributed by atoms with Crippen molar-refractivity contribution in [2.75, 3.05) is 44.5 Å². The van der Waals surface area contributed by atoms with Crippen LogP contribution in [0.4, 0.5) is 16.3 Å². The molecule has 10 heteroatoms. The average Bonchev–Trinajstić information content (AvgIpc) is 2.80. The van der Waals surface area contributed by atoms with Crippen molar-refractivity contribution in [1.29, 1.82) is 0 Å². The Morgan fingerprint density at radius 2 is 1.91 bits per heavy atom. The summed E-state index contributed by atoms with van der Waals surface area (Å²) in [6.07, 6.45) is 3.60. The zero-order chi connectivity index (χ0) is 23.4. The highest BCUT2D eigenvalue weighted by Crippen LogP contribution is 2.35. The van der Waals surface area contributed by atoms with E-state index in [4.69, 9.17) is 32.7 Å². The molecule has 33 heavy (non-hydrogen) atoms. The number of methoxy groups -OCH3 is 1. The number of hydrogen-bond donors (Lipinski definition) is 2. The molecule has 174 valence electrons. The van der Waals surface area contributed by atoms with Crippen molar-refractivity contribution in [3.63, 3.8) is 0 Å². The molecule has 8 nitrogen and oxygen atoms in total. The van der Waals surface area contributed by atoms with Crippen LogP contribution >= 0.6 is 23.2 Å². The number of nitrogens with zero attached hydrogens (tertiary/aromatic N) is 3. The number of carbonyl (C=O) groups excluding carboxylic acids is 1. The largest absolute Gasteiger partial charge is 0.493 e. The van der Waals surface area contributed by atoms with Gasteiger partial charge in [-0.1, -0.05) is 23.2 Å². The molecule has 0 unspecified atom stereocenters. The van der Waals surface area contributed by atoms with Gasteiger partial charge in [0.05, 0.1) is 29.9 Å². The van der Waals surface area contributed by atoms with E-state index in [1.165, 1.54) is 6.33 Å². The van der Waals surface area contributed by atoms with Crippen LogP contribution in [0.2, 0.25) is 10.0 Å². The van der Waals surface area contributed by atoms with E-state index in [1.54, 1.807) is 31.4 Å². The van der Waals surface area contributed by atoms with Gasteiger partial charge >= 0.3 is 6.03 Å². The Balaban J connectivity index is 1.51. The maximum Gasteiger partial charge on any atom is 0.324 e. The molecule has 1 aromatic heterocycles. The number of nitrogens with one attached hydrogen (secondary N) is 2. The van der Waals surface area contributed by atoms with Crippen LogP contribution < -0.4 is 20.1 Å². The van der Waals surface area contributed by atoms with E-state index in [9.17, 15) is 4.79 Å². The van der Waals surface area contributed by atoms with E-state index >= 15 is 0 Å². The van der Waals surface area contributed by atoms with Crippen LogP contribution in [0.1, 0.15) is 12.8 Å². The summed E-state index contributed by atoms with van der Waals surface area (Å²) in [6, 6.07) is 7.88. The van der Waals surface area contributed by atoms with Gasteiger partial charge in [-0.15, -0.1) is 0 Å². The molecule has 4 rings (SSSR count). The van der Waals surface area contributed by atoms with Gasteiger partial charge in [0.25, 0.3) is 0 Å². The standard InChI is InChI=1S/C23H25Cl2N5O3/c1-30-7-5-14(6-8-30)12-33-21-11-18-16(10-20(21)32-2)22(27-13-26-18)29-23(31)28-19-9-15(24)3-4-17(19)25/h3-4,9-11,13-14H,5-8,12H2,1-2H3,(H2,26,27,28,29,31). The Hall–Kier alpha value is -2.81. The maximum absolute atomic E-state index is 12.6. The van der Waals surface area contributed by atoms with Gasteiger partial charge in [0.15, 0.2) is 11.5 Å². The summed E-state index contributed by atoms with van der Waals surface area (Å²) in [4.78, 5) is 23.4. The van der Waals surface area contributed by atoms with E-state index in [0.717, 1.165) is 25.9 Å². The van der Waals surface area contributed by atoms with Crippen LogP contribution in [0.3, 0.4) is 0 Å². The first-order valence-corrected chi connectivity index (χ1v) is 11.4. The number of amides is 2. The second-order valence-corrected chi connectivity index (χ2v) is 8.85. The summed E-state index contributed by atoms with van der Waals surface area (Å²) in [7, 11) is 3.72. The van der Waals surface area contributed by atoms with Crippen molar-refractivity contribution in [1.82, 2.24) is 14.9 Å². The Morgan fingerprint density at radius 1 is 1.12 bits per heavy atom. The Labute approximate surface area is 202 Å². The molecular weight excluding hydrogens is 465 g/mol. The van der Waals surface area contributed by atoms with E-state index < -0.39 is 6.03 Å². The highest BCUT2D eigenvalue weighted by molar-refractivity contribution is 6.35. The summed E-state index contributed by atoms with van der Waals surface area (Å²) in [5.41, 5.74) is 1.02. The first-order valence-electron chi connectivity index (χ1n) is 10.6. The number of benzene rings is 2. The minimum atomic E-state index is -0.513. The van der Waals surface area contributed by atoms with E-state index in [-0.39, 0.29) is 0 Å². The van der Waals surface area contributed by atoms with Crippen LogP contribution in [-0.4, -0.2) is 54.8 Å². The average molecular weight is 490 g/mol. The number of carbonyl (C=O) groups is 1. The summed E-state index contributed by atoms with van der Waals surface area (Å²) in [5, 5.41) is 6.86. The van der Waals surface area contributed by atoms with Crippen LogP contribution in [0.15, 0.2) is 36.7 Å². The van der Waals surface area contributed by atoms with Crippen molar-refractivity contribution < 1.29 is 14.3 Å². The molecule has 1 saturated heterocycles. The third kappa shape index (κ3) is 5.76. The predicted octanol–water partition coefficient (Wildman–Crippen LogP) is 5.31. The lowest BCUT2D eigenvalue weighted by atomic mass is 9.98. The van der Waals surface area contributed by atoms with Gasteiger partial charge in [0, 0.05) is 16.5 Å². The van der Waals surface area contributed by atoms with Crippen molar-refractivity contribution in [2.45, 2.75) is 12.8 Å². The number of urea groups is 1. The van der Waals surface area contributed by atoms with Gasteiger partial charge in [-0.25, -0.2) is 14.8 Å². The second kappa shape index (κ2) is 10.4. The SMILES string of the molecule is COc1cc2c(NC(=O)Nc3cc(Cl)ccc3Cl)ncnc2cc1OCC1CCN(C)CC1. The molecule has 1 fully saturated rings. The fourth-order valence-corrected chi connectivity index (χ4v) is 4.06. The Morgan fingerprint density at radius 3 is 2.67 bits per heavy atom. The monoisotopic (exact) mass is 489 g/mol. The molecule has 2 aromatic carbocycles. The number of aromatic nitrogens is 2. The molecule has 0 spiro atoms. The number of rotatable bonds is 6. The third-order valence-electron chi connectivity index (χ3n) is 5.64. The highest BCUT2D eigenvalue weighted by Gasteiger charge is 2.19. The smallest absolute Gasteiger partial charge is 0.324 e. The molecule has 1 aliphatic rings. The molecule has 0 atom stereocenters. The molecule has 2 amide bonds. The van der Waals surface area contributed by atoms with Crippen LogP contribution in [0.5, 0.6) is 11.5 Å². The van der Waals surface area contributed by atoms with Gasteiger partial charge in [0.1, 0.15) is 12.1 Å². The Bertz CT molecular complexity index is 1150. The normalized spacial score (nSPS) is 14.8. The highest BCUT2D eigenvalue weighted by atomic mass is 35.5. The number of ether oxygens (including phenoxy) is 2. The zero-order valence-electron chi connectivity index (χ0n) is 18.4. The van der Waals surface area contributed by atoms with Gasteiger partial charge in [0.2, 0.25) is 0 Å². The molecule has 0 saturated carbocycles. The van der Waals surface area contributed by atoms with Crippen LogP contribution in [0, 0.1) is 5.92 Å². The molecule has 3 aromatic rings. The molecule has 2 heterocycles. The number of halogens is 2. The third-order valence-corrected chi connectivity index (χ3v) is 6.21. The lowest BCUT2D eigenvalue weighted by molar-refractivity contribution is 0.157. The van der Waals surface area contributed by atoms with E-state index in [2.05, 4.69) is 32.5 Å². The zero-order valence-corrected chi connectivity index (χ0v) is 19.9. The molecule has 2 N–H and O–H groups in total. The molecular formula is C23H25Cl2N5O3. The maximum atomic E-state index is 12.6. The summed E-state index contributed by atoms with van der Waals surface area (Å²) >= 11 is 12.1. The van der Waals surface area contributed by atoms with Crippen molar-refractivity contribution in [2.24, 2.45) is 5.92 Å². The van der Waals surface area contributed by atoms with Gasteiger partial charge in [-0.3, -0.25) is 5.32 Å². The number of fused-ring (bicyclic) bond motifs is 1. The first-order chi connectivity index (χ1) is 15.9. The fraction of sp³-hybridized carbons (Fsp3) is 0.348. The fourth-order valence-electron chi connectivity index (χ4n) is 3.73. The number of likely N-dealkylation sites (tertiary alicyclic amines) is 1. The van der Waals surface area contributed by atoms with E-state index in [1.807, 2.05) is 6.07 Å². The number of hydrogen-bond acceptors (Lipinski definition) is 6. The molecule has 0 aliphatic carbocycles. The van der Waals surface area contributed by atoms with E-state index in [0.29, 0.717) is 56.5 Å². The second-order valence-electron chi connectivity index (χ2n) is 8.00. The van der Waals surface area contributed by atoms with Gasteiger partial charge in [-0.05, 0) is 63.2 Å². The van der Waals surface area contributed by atoms with Crippen molar-refractivity contribution in [3.8, 4) is 11.5 Å². The first kappa shape index (κ1) is 23.4. The number of piperidine rings is 1. The molecule has 1 aliphatic heterocycles. The van der Waals surface area contributed by atoms with Crippen LogP contribution in [-0.2, 0) is 0 Å². The topological polar surface area (TPSA) is 88.6 Å². The summed E-state index contributed by atoms with van der Waals surface area (Å²) in [6.45, 7) is 2.77. The quantitative estimate of drug-likeness (QED) is 0.487. The van der Waals surface area contributed by atoms with Crippen molar-refractivity contribution >= 4 is 51.6 Å². The summed E-state index contributed by atoms with van der Waals surface area (Å²) in [5.74, 6) is 2.00. The van der Waals surface area contributed by atoms with Gasteiger partial charge < -0.3 is 19.7 Å². The van der Waals surface area contributed by atoms with Crippen molar-refractivity contribution in [3.05, 3.63) is 46.7 Å². The Kier molecular flexibility index (Phi) is 7.37. The number of anilines is 2.